The third-order valence-electron chi connectivity index (χ3n) is 3.92. The third kappa shape index (κ3) is 2.78. The number of nitrogens with zero attached hydrogens (tertiary/aromatic N) is 4. The molecule has 0 saturated carbocycles. The Bertz CT molecular complexity index is 641. The van der Waals surface area contributed by atoms with E-state index in [0.717, 1.165) is 36.1 Å². The summed E-state index contributed by atoms with van der Waals surface area (Å²) < 4.78 is 7.96. The van der Waals surface area contributed by atoms with Gasteiger partial charge < -0.3 is 19.3 Å². The van der Waals surface area contributed by atoms with Crippen molar-refractivity contribution in [1.82, 2.24) is 14.8 Å². The Morgan fingerprint density at radius 2 is 2.14 bits per heavy atom. The Morgan fingerprint density at radius 3 is 2.91 bits per heavy atom. The van der Waals surface area contributed by atoms with Crippen molar-refractivity contribution in [2.75, 3.05) is 18.1 Å². The van der Waals surface area contributed by atoms with E-state index in [1.807, 2.05) is 31.2 Å². The predicted octanol–water partition coefficient (Wildman–Crippen LogP) is 1.76. The Balaban J connectivity index is 1.88. The minimum atomic E-state index is -0.210. The van der Waals surface area contributed by atoms with Crippen molar-refractivity contribution < 1.29 is 9.84 Å². The molecule has 2 aromatic rings. The molecule has 0 aliphatic carbocycles. The normalized spacial score (nSPS) is 17.2. The van der Waals surface area contributed by atoms with Gasteiger partial charge in [0.05, 0.1) is 25.4 Å². The lowest BCUT2D eigenvalue weighted by atomic mass is 10.2. The van der Waals surface area contributed by atoms with Gasteiger partial charge in [-0.25, -0.2) is 0 Å². The van der Waals surface area contributed by atoms with E-state index in [0.29, 0.717) is 13.1 Å². The molecule has 0 saturated heterocycles. The highest BCUT2D eigenvalue weighted by Gasteiger charge is 2.26. The van der Waals surface area contributed by atoms with Crippen molar-refractivity contribution in [2.45, 2.75) is 39.5 Å². The van der Waals surface area contributed by atoms with Gasteiger partial charge in [0.2, 0.25) is 0 Å². The third-order valence-corrected chi connectivity index (χ3v) is 3.92. The number of aryl methyl sites for hydroxylation is 1. The summed E-state index contributed by atoms with van der Waals surface area (Å²) in [6.45, 7) is 6.36. The fourth-order valence-corrected chi connectivity index (χ4v) is 2.85. The van der Waals surface area contributed by atoms with Crippen LogP contribution in [0.4, 0.5) is 5.69 Å². The first-order valence-corrected chi connectivity index (χ1v) is 7.73. The van der Waals surface area contributed by atoms with E-state index in [2.05, 4.69) is 26.6 Å². The van der Waals surface area contributed by atoms with E-state index in [9.17, 15) is 5.11 Å². The molecular formula is C16H22N4O2. The minimum absolute atomic E-state index is 0.00547. The number of aromatic nitrogens is 3. The van der Waals surface area contributed by atoms with Crippen molar-refractivity contribution in [3.63, 3.8) is 0 Å². The summed E-state index contributed by atoms with van der Waals surface area (Å²) in [6.07, 6.45) is 0.837. The van der Waals surface area contributed by atoms with Gasteiger partial charge >= 0.3 is 0 Å². The van der Waals surface area contributed by atoms with Crippen molar-refractivity contribution >= 4 is 5.69 Å². The first-order chi connectivity index (χ1) is 10.7. The fraction of sp³-hybridized carbons (Fsp3) is 0.500. The molecule has 6 heteroatoms. The number of fused-ring (bicyclic) bond motifs is 1. The molecule has 1 aliphatic rings. The van der Waals surface area contributed by atoms with Crippen LogP contribution in [0.5, 0.6) is 5.75 Å². The highest BCUT2D eigenvalue weighted by molar-refractivity contribution is 5.60. The molecule has 3 rings (SSSR count). The van der Waals surface area contributed by atoms with E-state index >= 15 is 0 Å². The largest absolute Gasteiger partial charge is 0.484 e. The summed E-state index contributed by atoms with van der Waals surface area (Å²) in [5.41, 5.74) is 1.04. The number of hydrogen-bond donors (Lipinski definition) is 1. The summed E-state index contributed by atoms with van der Waals surface area (Å²) in [4.78, 5) is 2.20. The van der Waals surface area contributed by atoms with Gasteiger partial charge in [0.15, 0.2) is 5.82 Å². The second-order valence-electron chi connectivity index (χ2n) is 5.59. The number of hydrogen-bond acceptors (Lipinski definition) is 5. The van der Waals surface area contributed by atoms with E-state index < -0.39 is 0 Å². The number of anilines is 1. The van der Waals surface area contributed by atoms with Crippen molar-refractivity contribution in [2.24, 2.45) is 0 Å². The number of aliphatic hydroxyl groups excluding tert-OH is 1. The molecule has 0 fully saturated rings. The molecule has 22 heavy (non-hydrogen) atoms. The summed E-state index contributed by atoms with van der Waals surface area (Å²) in [5.74, 6) is 2.70. The number of para-hydroxylation sites is 2. The van der Waals surface area contributed by atoms with E-state index in [1.54, 1.807) is 0 Å². The maximum absolute atomic E-state index is 9.46. The van der Waals surface area contributed by atoms with Crippen LogP contribution in [0.25, 0.3) is 0 Å². The van der Waals surface area contributed by atoms with Crippen molar-refractivity contribution in [1.29, 1.82) is 0 Å². The monoisotopic (exact) mass is 302 g/mol. The molecule has 1 N–H and O–H groups in total. The molecule has 118 valence electrons. The van der Waals surface area contributed by atoms with Crippen LogP contribution in [0.15, 0.2) is 24.3 Å². The first-order valence-electron chi connectivity index (χ1n) is 7.73. The molecule has 2 heterocycles. The van der Waals surface area contributed by atoms with E-state index in [4.69, 9.17) is 4.74 Å². The Hall–Kier alpha value is -2.08. The lowest BCUT2D eigenvalue weighted by Gasteiger charge is -2.35. The maximum Gasteiger partial charge on any atom is 0.152 e. The quantitative estimate of drug-likeness (QED) is 0.912. The SMILES string of the molecule is CCCn1c(C)nnc1CN1C[C@H](CO)Oc2ccccc21. The van der Waals surface area contributed by atoms with Crippen LogP contribution in [0.3, 0.4) is 0 Å². The lowest BCUT2D eigenvalue weighted by Crippen LogP contribution is -2.42. The van der Waals surface area contributed by atoms with Crippen LogP contribution in [-0.2, 0) is 13.1 Å². The molecule has 0 bridgehead atoms. The number of ether oxygens (including phenoxy) is 1. The predicted molar refractivity (Wildman–Crippen MR) is 84.0 cm³/mol. The Labute approximate surface area is 130 Å². The van der Waals surface area contributed by atoms with Crippen LogP contribution < -0.4 is 9.64 Å². The van der Waals surface area contributed by atoms with Crippen molar-refractivity contribution in [3.05, 3.63) is 35.9 Å². The van der Waals surface area contributed by atoms with Gasteiger partial charge in [-0.2, -0.15) is 0 Å². The number of benzene rings is 1. The number of rotatable bonds is 5. The second-order valence-corrected chi connectivity index (χ2v) is 5.59. The van der Waals surface area contributed by atoms with Gasteiger partial charge in [-0.15, -0.1) is 10.2 Å². The summed E-state index contributed by atoms with van der Waals surface area (Å²) in [5, 5.41) is 18.0. The van der Waals surface area contributed by atoms with Gasteiger partial charge in [-0.05, 0) is 25.5 Å². The summed E-state index contributed by atoms with van der Waals surface area (Å²) in [7, 11) is 0. The molecule has 0 spiro atoms. The average molecular weight is 302 g/mol. The van der Waals surface area contributed by atoms with Crippen LogP contribution in [0.1, 0.15) is 25.0 Å². The first kappa shape index (κ1) is 14.8. The number of aliphatic hydroxyl groups is 1. The topological polar surface area (TPSA) is 63.4 Å². The standard InChI is InChI=1S/C16H22N4O2/c1-3-8-20-12(2)17-18-16(20)10-19-9-13(11-21)22-15-7-5-4-6-14(15)19/h4-7,13,21H,3,8-11H2,1-2H3/t13-/m1/s1. The van der Waals surface area contributed by atoms with Crippen LogP contribution in [-0.4, -0.2) is 39.1 Å². The zero-order valence-corrected chi connectivity index (χ0v) is 13.1. The van der Waals surface area contributed by atoms with Gasteiger partial charge in [0.25, 0.3) is 0 Å². The highest BCUT2D eigenvalue weighted by atomic mass is 16.5. The molecule has 1 atom stereocenters. The van der Waals surface area contributed by atoms with E-state index in [1.165, 1.54) is 0 Å². The van der Waals surface area contributed by atoms with Gasteiger partial charge in [0, 0.05) is 6.54 Å². The van der Waals surface area contributed by atoms with Crippen LogP contribution >= 0.6 is 0 Å². The van der Waals surface area contributed by atoms with Gasteiger partial charge in [-0.1, -0.05) is 19.1 Å². The molecule has 1 aliphatic heterocycles. The summed E-state index contributed by atoms with van der Waals surface area (Å²) >= 11 is 0. The molecule has 0 amide bonds. The average Bonchev–Trinajstić information content (AvgIpc) is 2.88. The molecule has 6 nitrogen and oxygen atoms in total. The highest BCUT2D eigenvalue weighted by Crippen LogP contribution is 2.33. The molecule has 1 aromatic carbocycles. The van der Waals surface area contributed by atoms with Crippen molar-refractivity contribution in [3.8, 4) is 5.75 Å². The minimum Gasteiger partial charge on any atom is -0.484 e. The van der Waals surface area contributed by atoms with Crippen LogP contribution in [0, 0.1) is 6.92 Å². The molecular weight excluding hydrogens is 280 g/mol. The van der Waals surface area contributed by atoms with Gasteiger partial charge in [-0.3, -0.25) is 0 Å². The Morgan fingerprint density at radius 1 is 1.32 bits per heavy atom. The lowest BCUT2D eigenvalue weighted by molar-refractivity contribution is 0.111. The fourth-order valence-electron chi connectivity index (χ4n) is 2.85. The smallest absolute Gasteiger partial charge is 0.152 e. The maximum atomic E-state index is 9.46. The second kappa shape index (κ2) is 6.36. The molecule has 0 unspecified atom stereocenters. The summed E-state index contributed by atoms with van der Waals surface area (Å²) in [6, 6.07) is 7.92. The van der Waals surface area contributed by atoms with Crippen LogP contribution in [0.2, 0.25) is 0 Å². The molecule has 0 radical (unpaired) electrons. The zero-order valence-electron chi connectivity index (χ0n) is 13.1. The molecule has 1 aromatic heterocycles. The Kier molecular flexibility index (Phi) is 4.29. The van der Waals surface area contributed by atoms with Gasteiger partial charge in [0.1, 0.15) is 17.7 Å². The zero-order chi connectivity index (χ0) is 15.5. The van der Waals surface area contributed by atoms with E-state index in [-0.39, 0.29) is 12.7 Å².